The number of hydrogen-bond donors (Lipinski definition) is 0. The summed E-state index contributed by atoms with van der Waals surface area (Å²) in [5.41, 5.74) is 27.6. The first-order valence-electron chi connectivity index (χ1n) is 24.3. The highest BCUT2D eigenvalue weighted by atomic mass is 15.1. The Morgan fingerprint density at radius 1 is 0.299 bits per heavy atom. The van der Waals surface area contributed by atoms with Gasteiger partial charge in [-0.3, -0.25) is 0 Å². The molecule has 9 aromatic rings. The molecule has 0 saturated carbocycles. The minimum Gasteiger partial charge on any atom is -0.310 e. The Morgan fingerprint density at radius 2 is 0.731 bits per heavy atom. The zero-order chi connectivity index (χ0) is 46.1. The summed E-state index contributed by atoms with van der Waals surface area (Å²) in [5.74, 6) is 0. The molecule has 0 aliphatic heterocycles. The van der Waals surface area contributed by atoms with Gasteiger partial charge in [0.05, 0.1) is 0 Å². The Bertz CT molecular complexity index is 3710. The van der Waals surface area contributed by atoms with Gasteiger partial charge in [-0.05, 0) is 190 Å². The fourth-order valence-corrected chi connectivity index (χ4v) is 13.3. The molecule has 13 rings (SSSR count). The Balaban J connectivity index is 0.920. The maximum atomic E-state index is 2.52. The molecule has 0 aromatic heterocycles. The van der Waals surface area contributed by atoms with Crippen molar-refractivity contribution in [2.45, 2.75) is 90.9 Å². The highest BCUT2D eigenvalue weighted by Crippen LogP contribution is 2.56. The van der Waals surface area contributed by atoms with Gasteiger partial charge in [0.1, 0.15) is 0 Å². The molecule has 4 aliphatic rings. The van der Waals surface area contributed by atoms with Crippen LogP contribution in [-0.2, 0) is 21.7 Å². The molecule has 0 unspecified atom stereocenters. The molecular weight excluding hydrogens is 807 g/mol. The number of allylic oxidation sites excluding steroid dienone is 2. The fourth-order valence-electron chi connectivity index (χ4n) is 13.3. The Labute approximate surface area is 396 Å². The van der Waals surface area contributed by atoms with Crippen molar-refractivity contribution in [3.05, 3.63) is 219 Å². The SMILES string of the molecule is CC(=C(C)c1cc2c3c(ccc4cccc(c43)C2(C)C)c1)c1ccc2c(c1)C(C)(C)c1cc(N(c3ccc4c(c3)-c3ccccc3C4(C)C)c3ccc4c(c3)C(C)(C)c3ccccc3-4)ccc1-2. The van der Waals surface area contributed by atoms with Crippen LogP contribution in [0.15, 0.2) is 164 Å². The third kappa shape index (κ3) is 5.32. The van der Waals surface area contributed by atoms with Gasteiger partial charge in [0.25, 0.3) is 0 Å². The summed E-state index contributed by atoms with van der Waals surface area (Å²) < 4.78 is 0. The zero-order valence-corrected chi connectivity index (χ0v) is 40.5. The molecule has 1 nitrogen and oxygen atoms in total. The Hall–Kier alpha value is -6.96. The van der Waals surface area contributed by atoms with Crippen molar-refractivity contribution in [3.63, 3.8) is 0 Å². The van der Waals surface area contributed by atoms with Crippen molar-refractivity contribution in [3.8, 4) is 33.4 Å². The molecule has 0 heterocycles. The first-order chi connectivity index (χ1) is 32.1. The lowest BCUT2D eigenvalue weighted by Gasteiger charge is -2.30. The standard InChI is InChI=1S/C66H57N/c1-38(39(2)43-32-42-23-22-40-16-15-21-56-61(40)62(42)60(34-43)65(56,7)8)41-24-28-49-51-30-26-46(37-59(51)66(9,10)57(49)33-41)67(44-27-31-55-52(35-44)48-18-12-14-20-54(48)63(55,3)4)45-25-29-50-47-17-11-13-19-53(47)64(5,6)58(50)36-45/h11-37H,1-10H3. The van der Waals surface area contributed by atoms with Crippen LogP contribution in [0.1, 0.15) is 125 Å². The van der Waals surface area contributed by atoms with Gasteiger partial charge in [-0.25, -0.2) is 0 Å². The number of anilines is 3. The number of fused-ring (bicyclic) bond motifs is 9. The lowest BCUT2D eigenvalue weighted by atomic mass is 9.80. The van der Waals surface area contributed by atoms with Gasteiger partial charge in [0, 0.05) is 38.7 Å². The van der Waals surface area contributed by atoms with Crippen molar-refractivity contribution in [2.24, 2.45) is 0 Å². The summed E-state index contributed by atoms with van der Waals surface area (Å²) in [7, 11) is 0. The van der Waals surface area contributed by atoms with Crippen LogP contribution in [0.3, 0.4) is 0 Å². The van der Waals surface area contributed by atoms with Crippen LogP contribution in [0.5, 0.6) is 0 Å². The lowest BCUT2D eigenvalue weighted by Crippen LogP contribution is -2.18. The second-order valence-corrected chi connectivity index (χ2v) is 22.2. The molecule has 0 atom stereocenters. The molecule has 0 saturated heterocycles. The maximum Gasteiger partial charge on any atom is 0.0468 e. The van der Waals surface area contributed by atoms with Gasteiger partial charge in [0.2, 0.25) is 0 Å². The third-order valence-corrected chi connectivity index (χ3v) is 17.3. The average Bonchev–Trinajstić information content (AvgIpc) is 3.90. The minimum atomic E-state index is -0.213. The monoisotopic (exact) mass is 863 g/mol. The van der Waals surface area contributed by atoms with Crippen LogP contribution in [0, 0.1) is 0 Å². The maximum absolute atomic E-state index is 2.52. The molecule has 9 aromatic carbocycles. The molecule has 0 amide bonds. The normalized spacial score (nSPS) is 16.9. The lowest BCUT2D eigenvalue weighted by molar-refractivity contribution is 0.659. The van der Waals surface area contributed by atoms with E-state index in [4.69, 9.17) is 0 Å². The van der Waals surface area contributed by atoms with E-state index in [9.17, 15) is 0 Å². The first-order valence-corrected chi connectivity index (χ1v) is 24.3. The summed E-state index contributed by atoms with van der Waals surface area (Å²) >= 11 is 0. The Morgan fingerprint density at radius 3 is 1.40 bits per heavy atom. The van der Waals surface area contributed by atoms with E-state index in [1.165, 1.54) is 139 Å². The summed E-state index contributed by atoms with van der Waals surface area (Å²) in [6, 6.07) is 63.2. The molecule has 0 radical (unpaired) electrons. The van der Waals surface area contributed by atoms with Gasteiger partial charge in [0.15, 0.2) is 0 Å². The topological polar surface area (TPSA) is 3.24 Å². The van der Waals surface area contributed by atoms with E-state index in [0.29, 0.717) is 0 Å². The quantitative estimate of drug-likeness (QED) is 0.123. The Kier molecular flexibility index (Phi) is 8.04. The smallest absolute Gasteiger partial charge is 0.0468 e. The second-order valence-electron chi connectivity index (χ2n) is 22.2. The van der Waals surface area contributed by atoms with Crippen molar-refractivity contribution in [1.29, 1.82) is 0 Å². The predicted molar refractivity (Wildman–Crippen MR) is 286 cm³/mol. The summed E-state index contributed by atoms with van der Waals surface area (Å²) in [4.78, 5) is 2.52. The summed E-state index contributed by atoms with van der Waals surface area (Å²) in [5, 5.41) is 5.54. The molecule has 1 heteroatoms. The molecule has 67 heavy (non-hydrogen) atoms. The van der Waals surface area contributed by atoms with E-state index >= 15 is 0 Å². The van der Waals surface area contributed by atoms with Gasteiger partial charge >= 0.3 is 0 Å². The van der Waals surface area contributed by atoms with Crippen LogP contribution >= 0.6 is 0 Å². The van der Waals surface area contributed by atoms with Crippen molar-refractivity contribution >= 4 is 49.8 Å². The molecular formula is C66H57N. The average molecular weight is 864 g/mol. The molecule has 0 spiro atoms. The fraction of sp³-hybridized carbons (Fsp3) is 0.212. The minimum absolute atomic E-state index is 0.0463. The van der Waals surface area contributed by atoms with E-state index in [1.54, 1.807) is 0 Å². The predicted octanol–water partition coefficient (Wildman–Crippen LogP) is 18.0. The van der Waals surface area contributed by atoms with Crippen LogP contribution in [0.25, 0.3) is 66.1 Å². The van der Waals surface area contributed by atoms with E-state index in [1.807, 2.05) is 0 Å². The van der Waals surface area contributed by atoms with E-state index in [0.717, 1.165) is 0 Å². The van der Waals surface area contributed by atoms with E-state index < -0.39 is 0 Å². The van der Waals surface area contributed by atoms with Crippen LogP contribution in [-0.4, -0.2) is 0 Å². The number of hydrogen-bond acceptors (Lipinski definition) is 1. The highest BCUT2D eigenvalue weighted by Gasteiger charge is 2.40. The first kappa shape index (κ1) is 40.3. The van der Waals surface area contributed by atoms with Crippen molar-refractivity contribution in [1.82, 2.24) is 0 Å². The number of rotatable bonds is 5. The van der Waals surface area contributed by atoms with Crippen LogP contribution in [0.2, 0.25) is 0 Å². The number of benzene rings is 9. The molecule has 0 fully saturated rings. The van der Waals surface area contributed by atoms with E-state index in [-0.39, 0.29) is 21.7 Å². The highest BCUT2D eigenvalue weighted by molar-refractivity contribution is 6.15. The molecule has 326 valence electrons. The van der Waals surface area contributed by atoms with Gasteiger partial charge in [-0.2, -0.15) is 0 Å². The molecule has 0 bridgehead atoms. The van der Waals surface area contributed by atoms with Crippen molar-refractivity contribution in [2.75, 3.05) is 4.90 Å². The summed E-state index contributed by atoms with van der Waals surface area (Å²) in [6.45, 7) is 23.8. The molecule has 0 N–H and O–H groups in total. The van der Waals surface area contributed by atoms with Crippen LogP contribution < -0.4 is 4.90 Å². The van der Waals surface area contributed by atoms with Gasteiger partial charge < -0.3 is 4.90 Å². The van der Waals surface area contributed by atoms with Crippen molar-refractivity contribution < 1.29 is 0 Å². The number of nitrogens with zero attached hydrogens (tertiary/aromatic N) is 1. The largest absolute Gasteiger partial charge is 0.310 e. The molecule has 4 aliphatic carbocycles. The van der Waals surface area contributed by atoms with Crippen LogP contribution in [0.4, 0.5) is 17.1 Å². The third-order valence-electron chi connectivity index (χ3n) is 17.3. The second kappa shape index (κ2) is 13.4. The van der Waals surface area contributed by atoms with Gasteiger partial charge in [-0.15, -0.1) is 0 Å². The zero-order valence-electron chi connectivity index (χ0n) is 40.5. The summed E-state index contributed by atoms with van der Waals surface area (Å²) in [6.07, 6.45) is 0. The van der Waals surface area contributed by atoms with Gasteiger partial charge in [-0.1, -0.05) is 165 Å². The van der Waals surface area contributed by atoms with E-state index in [2.05, 4.69) is 238 Å².